The summed E-state index contributed by atoms with van der Waals surface area (Å²) < 4.78 is 5.39. The number of hydrogen-bond donors (Lipinski definition) is 3. The van der Waals surface area contributed by atoms with Crippen LogP contribution in [0, 0.1) is 6.92 Å². The van der Waals surface area contributed by atoms with E-state index in [0.29, 0.717) is 17.7 Å². The van der Waals surface area contributed by atoms with Gasteiger partial charge < -0.3 is 26.0 Å². The number of benzene rings is 2. The van der Waals surface area contributed by atoms with Gasteiger partial charge in [-0.1, -0.05) is 74.7 Å². The molecule has 0 aliphatic carbocycles. The van der Waals surface area contributed by atoms with Crippen LogP contribution < -0.4 is 16.4 Å². The van der Waals surface area contributed by atoms with Crippen LogP contribution in [0.15, 0.2) is 54.6 Å². The molecule has 218 valence electrons. The summed E-state index contributed by atoms with van der Waals surface area (Å²) >= 11 is 0. The SMILES string of the molecule is CCCCCCN(C(=O)C(CCC(N)=O)NC(=O)OC(C)(C)C)C(C(=O)Nc1ccccc1C)c1ccccc1. The van der Waals surface area contributed by atoms with Crippen molar-refractivity contribution in [2.75, 3.05) is 11.9 Å². The second kappa shape index (κ2) is 15.6. The fraction of sp³-hybridized carbons (Fsp3) is 0.484. The monoisotopic (exact) mass is 552 g/mol. The van der Waals surface area contributed by atoms with E-state index in [2.05, 4.69) is 17.6 Å². The molecule has 0 bridgehead atoms. The van der Waals surface area contributed by atoms with Gasteiger partial charge in [-0.25, -0.2) is 4.79 Å². The van der Waals surface area contributed by atoms with Crippen molar-refractivity contribution in [3.05, 3.63) is 65.7 Å². The molecule has 0 radical (unpaired) electrons. The molecular formula is C31H44N4O5. The molecular weight excluding hydrogens is 508 g/mol. The lowest BCUT2D eigenvalue weighted by Crippen LogP contribution is -2.52. The number of unbranched alkanes of at least 4 members (excludes halogenated alkanes) is 3. The molecule has 2 rings (SSSR count). The smallest absolute Gasteiger partial charge is 0.408 e. The summed E-state index contributed by atoms with van der Waals surface area (Å²) in [6, 6.07) is 14.4. The van der Waals surface area contributed by atoms with E-state index in [0.717, 1.165) is 24.8 Å². The largest absolute Gasteiger partial charge is 0.444 e. The number of aryl methyl sites for hydroxylation is 1. The predicted molar refractivity (Wildman–Crippen MR) is 156 cm³/mol. The number of hydrogen-bond acceptors (Lipinski definition) is 5. The lowest BCUT2D eigenvalue weighted by molar-refractivity contribution is -0.141. The Morgan fingerprint density at radius 3 is 2.20 bits per heavy atom. The number of para-hydroxylation sites is 1. The van der Waals surface area contributed by atoms with Crippen LogP contribution in [-0.4, -0.2) is 46.9 Å². The highest BCUT2D eigenvalue weighted by molar-refractivity contribution is 5.99. The second-order valence-electron chi connectivity index (χ2n) is 10.9. The minimum absolute atomic E-state index is 0.0280. The molecule has 0 heterocycles. The Balaban J connectivity index is 2.51. The Hall–Kier alpha value is -3.88. The summed E-state index contributed by atoms with van der Waals surface area (Å²) in [7, 11) is 0. The molecule has 0 aromatic heterocycles. The molecule has 0 saturated heterocycles. The highest BCUT2D eigenvalue weighted by Crippen LogP contribution is 2.26. The van der Waals surface area contributed by atoms with E-state index in [1.165, 1.54) is 4.90 Å². The van der Waals surface area contributed by atoms with Crippen LogP contribution in [0.2, 0.25) is 0 Å². The normalized spacial score (nSPS) is 12.6. The molecule has 2 unspecified atom stereocenters. The van der Waals surface area contributed by atoms with Gasteiger partial charge in [-0.2, -0.15) is 0 Å². The number of anilines is 1. The minimum atomic E-state index is -1.12. The molecule has 0 spiro atoms. The van der Waals surface area contributed by atoms with Gasteiger partial charge in [0.15, 0.2) is 0 Å². The van der Waals surface area contributed by atoms with Crippen LogP contribution in [0.4, 0.5) is 10.5 Å². The van der Waals surface area contributed by atoms with Gasteiger partial charge >= 0.3 is 6.09 Å². The van der Waals surface area contributed by atoms with Gasteiger partial charge in [-0.05, 0) is 57.7 Å². The fourth-order valence-electron chi connectivity index (χ4n) is 4.29. The summed E-state index contributed by atoms with van der Waals surface area (Å²) in [6.07, 6.45) is 2.57. The lowest BCUT2D eigenvalue weighted by Gasteiger charge is -2.34. The fourth-order valence-corrected chi connectivity index (χ4v) is 4.29. The van der Waals surface area contributed by atoms with Crippen molar-refractivity contribution in [3.63, 3.8) is 0 Å². The molecule has 0 aliphatic rings. The number of nitrogens with two attached hydrogens (primary N) is 1. The third kappa shape index (κ3) is 10.7. The average molecular weight is 553 g/mol. The van der Waals surface area contributed by atoms with Crippen molar-refractivity contribution in [1.82, 2.24) is 10.2 Å². The van der Waals surface area contributed by atoms with Gasteiger partial charge in [-0.15, -0.1) is 0 Å². The predicted octanol–water partition coefficient (Wildman–Crippen LogP) is 5.24. The number of ether oxygens (including phenoxy) is 1. The number of carbonyl (C=O) groups excluding carboxylic acids is 4. The lowest BCUT2D eigenvalue weighted by atomic mass is 10.0. The number of primary amides is 1. The first kappa shape index (κ1) is 32.3. The Bertz CT molecular complexity index is 1130. The molecule has 0 fully saturated rings. The molecule has 4 amide bonds. The molecule has 0 aliphatic heterocycles. The first-order valence-corrected chi connectivity index (χ1v) is 13.9. The van der Waals surface area contributed by atoms with Gasteiger partial charge in [-0.3, -0.25) is 14.4 Å². The van der Waals surface area contributed by atoms with E-state index < -0.39 is 35.6 Å². The maximum atomic E-state index is 14.2. The number of carbonyl (C=O) groups is 4. The third-order valence-electron chi connectivity index (χ3n) is 6.28. The summed E-state index contributed by atoms with van der Waals surface area (Å²) in [5.74, 6) is -1.47. The summed E-state index contributed by atoms with van der Waals surface area (Å²) in [5.41, 5.74) is 6.75. The summed E-state index contributed by atoms with van der Waals surface area (Å²) in [5, 5.41) is 5.61. The number of nitrogens with one attached hydrogen (secondary N) is 2. The van der Waals surface area contributed by atoms with Crippen LogP contribution in [-0.2, 0) is 19.1 Å². The maximum Gasteiger partial charge on any atom is 0.408 e. The van der Waals surface area contributed by atoms with Crippen molar-refractivity contribution in [2.24, 2.45) is 5.73 Å². The Labute approximate surface area is 237 Å². The first-order chi connectivity index (χ1) is 18.9. The molecule has 2 atom stereocenters. The summed E-state index contributed by atoms with van der Waals surface area (Å²) in [6.45, 7) is 9.42. The molecule has 4 N–H and O–H groups in total. The Morgan fingerprint density at radius 2 is 1.60 bits per heavy atom. The van der Waals surface area contributed by atoms with Gasteiger partial charge in [0.2, 0.25) is 11.8 Å². The van der Waals surface area contributed by atoms with Gasteiger partial charge in [0, 0.05) is 18.7 Å². The van der Waals surface area contributed by atoms with E-state index in [1.54, 1.807) is 32.9 Å². The van der Waals surface area contributed by atoms with E-state index in [-0.39, 0.29) is 25.3 Å². The van der Waals surface area contributed by atoms with Crippen molar-refractivity contribution < 1.29 is 23.9 Å². The van der Waals surface area contributed by atoms with Crippen molar-refractivity contribution in [2.45, 2.75) is 90.8 Å². The van der Waals surface area contributed by atoms with Crippen LogP contribution in [0.5, 0.6) is 0 Å². The zero-order valence-electron chi connectivity index (χ0n) is 24.4. The molecule has 40 heavy (non-hydrogen) atoms. The molecule has 2 aromatic carbocycles. The van der Waals surface area contributed by atoms with Gasteiger partial charge in [0.05, 0.1) is 0 Å². The van der Waals surface area contributed by atoms with Crippen molar-refractivity contribution in [1.29, 1.82) is 0 Å². The maximum absolute atomic E-state index is 14.2. The number of alkyl carbamates (subject to hydrolysis) is 1. The van der Waals surface area contributed by atoms with Crippen LogP contribution >= 0.6 is 0 Å². The van der Waals surface area contributed by atoms with Crippen LogP contribution in [0.1, 0.15) is 83.4 Å². The number of nitrogens with zero attached hydrogens (tertiary/aromatic N) is 1. The highest BCUT2D eigenvalue weighted by atomic mass is 16.6. The third-order valence-corrected chi connectivity index (χ3v) is 6.28. The number of amides is 4. The second-order valence-corrected chi connectivity index (χ2v) is 10.9. The molecule has 2 aromatic rings. The van der Waals surface area contributed by atoms with Gasteiger partial charge in [0.1, 0.15) is 17.7 Å². The van der Waals surface area contributed by atoms with E-state index in [9.17, 15) is 19.2 Å². The highest BCUT2D eigenvalue weighted by Gasteiger charge is 2.36. The first-order valence-electron chi connectivity index (χ1n) is 13.9. The zero-order valence-corrected chi connectivity index (χ0v) is 24.4. The minimum Gasteiger partial charge on any atom is -0.444 e. The molecule has 9 heteroatoms. The average Bonchev–Trinajstić information content (AvgIpc) is 2.88. The van der Waals surface area contributed by atoms with E-state index >= 15 is 0 Å². The standard InChI is InChI=1S/C31H44N4O5/c1-6-7-8-14-21-35(29(38)25(19-20-26(32)36)34-30(39)40-31(3,4)5)27(23-16-10-9-11-17-23)28(37)33-24-18-13-12-15-22(24)2/h9-13,15-18,25,27H,6-8,14,19-21H2,1-5H3,(H2,32,36)(H,33,37)(H,34,39). The van der Waals surface area contributed by atoms with E-state index in [4.69, 9.17) is 10.5 Å². The Kier molecular flexibility index (Phi) is 12.6. The molecule has 0 saturated carbocycles. The van der Waals surface area contributed by atoms with Gasteiger partial charge in [0.25, 0.3) is 5.91 Å². The van der Waals surface area contributed by atoms with Crippen LogP contribution in [0.25, 0.3) is 0 Å². The quantitative estimate of drug-likeness (QED) is 0.276. The van der Waals surface area contributed by atoms with Crippen molar-refractivity contribution >= 4 is 29.5 Å². The summed E-state index contributed by atoms with van der Waals surface area (Å²) in [4.78, 5) is 53.9. The molecule has 9 nitrogen and oxygen atoms in total. The topological polar surface area (TPSA) is 131 Å². The van der Waals surface area contributed by atoms with E-state index in [1.807, 2.05) is 49.4 Å². The zero-order chi connectivity index (χ0) is 29.7. The van der Waals surface area contributed by atoms with Crippen LogP contribution in [0.3, 0.4) is 0 Å². The Morgan fingerprint density at radius 1 is 0.950 bits per heavy atom. The van der Waals surface area contributed by atoms with Crippen molar-refractivity contribution in [3.8, 4) is 0 Å². The number of rotatable bonds is 14.